The highest BCUT2D eigenvalue weighted by Crippen LogP contribution is 2.48. The van der Waals surface area contributed by atoms with Crippen molar-refractivity contribution in [1.82, 2.24) is 25.5 Å². The molecule has 2 rings (SSSR count). The van der Waals surface area contributed by atoms with Crippen molar-refractivity contribution in [1.29, 1.82) is 0 Å². The van der Waals surface area contributed by atoms with Gasteiger partial charge in [0.1, 0.15) is 0 Å². The van der Waals surface area contributed by atoms with E-state index in [2.05, 4.69) is 34.6 Å². The highest BCUT2D eigenvalue weighted by atomic mass is 15.6. The molecule has 0 aliphatic heterocycles. The second kappa shape index (κ2) is 4.49. The molecule has 16 heavy (non-hydrogen) atoms. The van der Waals surface area contributed by atoms with E-state index in [4.69, 9.17) is 0 Å². The van der Waals surface area contributed by atoms with Gasteiger partial charge in [0, 0.05) is 12.5 Å². The van der Waals surface area contributed by atoms with Crippen molar-refractivity contribution in [2.75, 3.05) is 6.54 Å². The van der Waals surface area contributed by atoms with Crippen LogP contribution in [-0.2, 0) is 13.5 Å². The van der Waals surface area contributed by atoms with Crippen molar-refractivity contribution in [3.63, 3.8) is 0 Å². The fourth-order valence-corrected chi connectivity index (χ4v) is 2.02. The highest BCUT2D eigenvalue weighted by molar-refractivity contribution is 5.02. The molecule has 5 heteroatoms. The van der Waals surface area contributed by atoms with Gasteiger partial charge >= 0.3 is 0 Å². The molecule has 0 amide bonds. The molecule has 0 aromatic carbocycles. The van der Waals surface area contributed by atoms with E-state index in [0.29, 0.717) is 11.5 Å². The van der Waals surface area contributed by atoms with Gasteiger partial charge in [-0.1, -0.05) is 13.8 Å². The van der Waals surface area contributed by atoms with Crippen LogP contribution in [0.25, 0.3) is 0 Å². The number of rotatable bonds is 6. The minimum Gasteiger partial charge on any atom is -0.313 e. The summed E-state index contributed by atoms with van der Waals surface area (Å²) in [5.41, 5.74) is 0.453. The minimum atomic E-state index is 0.453. The van der Waals surface area contributed by atoms with Gasteiger partial charge in [0.25, 0.3) is 0 Å². The topological polar surface area (TPSA) is 55.6 Å². The zero-order valence-electron chi connectivity index (χ0n) is 10.4. The van der Waals surface area contributed by atoms with E-state index >= 15 is 0 Å². The van der Waals surface area contributed by atoms with Gasteiger partial charge in [-0.3, -0.25) is 0 Å². The van der Waals surface area contributed by atoms with Crippen LogP contribution in [0.2, 0.25) is 0 Å². The smallest absolute Gasteiger partial charge is 0.176 e. The number of aryl methyl sites for hydroxylation is 1. The first-order valence-corrected chi connectivity index (χ1v) is 6.10. The molecular formula is C11H21N5. The lowest BCUT2D eigenvalue weighted by molar-refractivity contribution is 0.349. The van der Waals surface area contributed by atoms with Crippen LogP contribution < -0.4 is 5.32 Å². The molecule has 1 N–H and O–H groups in total. The second-order valence-electron chi connectivity index (χ2n) is 5.06. The van der Waals surface area contributed by atoms with Crippen molar-refractivity contribution in [2.24, 2.45) is 12.5 Å². The predicted octanol–water partition coefficient (Wildman–Crippen LogP) is 0.921. The first-order chi connectivity index (χ1) is 7.64. The Kier molecular flexibility index (Phi) is 3.23. The fourth-order valence-electron chi connectivity index (χ4n) is 2.02. The van der Waals surface area contributed by atoms with Gasteiger partial charge in [0.2, 0.25) is 0 Å². The zero-order chi connectivity index (χ0) is 11.6. The van der Waals surface area contributed by atoms with E-state index < -0.39 is 0 Å². The molecule has 1 aromatic rings. The van der Waals surface area contributed by atoms with Gasteiger partial charge in [-0.15, -0.1) is 10.2 Å². The SMILES string of the molecule is CCCNC(Cc1nnn(C)n1)C1(C)CC1. The molecule has 1 aliphatic carbocycles. The van der Waals surface area contributed by atoms with Gasteiger partial charge in [0.05, 0.1) is 7.05 Å². The van der Waals surface area contributed by atoms with Gasteiger partial charge in [-0.25, -0.2) is 0 Å². The van der Waals surface area contributed by atoms with Gasteiger partial charge in [0.15, 0.2) is 5.82 Å². The monoisotopic (exact) mass is 223 g/mol. The van der Waals surface area contributed by atoms with Crippen LogP contribution in [0.1, 0.15) is 38.9 Å². The predicted molar refractivity (Wildman–Crippen MR) is 61.9 cm³/mol. The second-order valence-corrected chi connectivity index (χ2v) is 5.06. The Morgan fingerprint density at radius 3 is 2.75 bits per heavy atom. The number of tetrazole rings is 1. The van der Waals surface area contributed by atoms with Crippen LogP contribution >= 0.6 is 0 Å². The van der Waals surface area contributed by atoms with Crippen molar-refractivity contribution < 1.29 is 0 Å². The number of hydrogen-bond acceptors (Lipinski definition) is 4. The van der Waals surface area contributed by atoms with Crippen molar-refractivity contribution >= 4 is 0 Å². The Bertz CT molecular complexity index is 342. The summed E-state index contributed by atoms with van der Waals surface area (Å²) in [7, 11) is 1.81. The van der Waals surface area contributed by atoms with E-state index in [1.54, 1.807) is 0 Å². The summed E-state index contributed by atoms with van der Waals surface area (Å²) < 4.78 is 0. The lowest BCUT2D eigenvalue weighted by Crippen LogP contribution is -2.38. The first-order valence-electron chi connectivity index (χ1n) is 6.10. The van der Waals surface area contributed by atoms with Crippen LogP contribution in [0, 0.1) is 5.41 Å². The Morgan fingerprint density at radius 1 is 1.50 bits per heavy atom. The summed E-state index contributed by atoms with van der Waals surface area (Å²) in [4.78, 5) is 1.53. The molecule has 1 heterocycles. The molecule has 1 atom stereocenters. The van der Waals surface area contributed by atoms with Crippen LogP contribution in [-0.4, -0.2) is 32.8 Å². The average molecular weight is 223 g/mol. The molecule has 0 bridgehead atoms. The molecule has 1 unspecified atom stereocenters. The highest BCUT2D eigenvalue weighted by Gasteiger charge is 2.44. The third kappa shape index (κ3) is 2.58. The summed E-state index contributed by atoms with van der Waals surface area (Å²) in [6.07, 6.45) is 4.69. The molecular weight excluding hydrogens is 202 g/mol. The molecule has 5 nitrogen and oxygen atoms in total. The third-order valence-corrected chi connectivity index (χ3v) is 3.46. The van der Waals surface area contributed by atoms with Gasteiger partial charge in [-0.05, 0) is 36.4 Å². The molecule has 1 aliphatic rings. The van der Waals surface area contributed by atoms with Crippen LogP contribution in [0.5, 0.6) is 0 Å². The quantitative estimate of drug-likeness (QED) is 0.779. The summed E-state index contributed by atoms with van der Waals surface area (Å²) in [6, 6.07) is 0.497. The Balaban J connectivity index is 1.96. The van der Waals surface area contributed by atoms with Crippen molar-refractivity contribution in [2.45, 2.75) is 45.6 Å². The largest absolute Gasteiger partial charge is 0.313 e. The van der Waals surface area contributed by atoms with Crippen LogP contribution in [0.4, 0.5) is 0 Å². The first kappa shape index (κ1) is 11.5. The maximum atomic E-state index is 4.25. The molecule has 1 fully saturated rings. The zero-order valence-corrected chi connectivity index (χ0v) is 10.4. The van der Waals surface area contributed by atoms with Gasteiger partial charge in [-0.2, -0.15) is 4.80 Å². The van der Waals surface area contributed by atoms with E-state index in [9.17, 15) is 0 Å². The van der Waals surface area contributed by atoms with E-state index in [1.165, 1.54) is 24.1 Å². The third-order valence-electron chi connectivity index (χ3n) is 3.46. The van der Waals surface area contributed by atoms with E-state index in [1.807, 2.05) is 7.05 Å². The van der Waals surface area contributed by atoms with E-state index in [0.717, 1.165) is 18.8 Å². The van der Waals surface area contributed by atoms with Crippen molar-refractivity contribution in [3.05, 3.63) is 5.82 Å². The molecule has 0 saturated heterocycles. The minimum absolute atomic E-state index is 0.453. The fraction of sp³-hybridized carbons (Fsp3) is 0.909. The number of nitrogens with zero attached hydrogens (tertiary/aromatic N) is 4. The number of nitrogens with one attached hydrogen (secondary N) is 1. The van der Waals surface area contributed by atoms with Crippen LogP contribution in [0.15, 0.2) is 0 Å². The molecule has 90 valence electrons. The van der Waals surface area contributed by atoms with Crippen molar-refractivity contribution in [3.8, 4) is 0 Å². The Morgan fingerprint density at radius 2 is 2.25 bits per heavy atom. The maximum absolute atomic E-state index is 4.25. The summed E-state index contributed by atoms with van der Waals surface area (Å²) in [6.45, 7) is 5.61. The van der Waals surface area contributed by atoms with E-state index in [-0.39, 0.29) is 0 Å². The molecule has 1 saturated carbocycles. The number of hydrogen-bond donors (Lipinski definition) is 1. The lowest BCUT2D eigenvalue weighted by Gasteiger charge is -2.23. The molecule has 0 radical (unpaired) electrons. The average Bonchev–Trinajstić information content (AvgIpc) is 2.86. The lowest BCUT2D eigenvalue weighted by atomic mass is 9.95. The van der Waals surface area contributed by atoms with Crippen LogP contribution in [0.3, 0.4) is 0 Å². The Labute approximate surface area is 96.6 Å². The molecule has 1 aromatic heterocycles. The summed E-state index contributed by atoms with van der Waals surface area (Å²) >= 11 is 0. The standard InChI is InChI=1S/C11H21N5/c1-4-7-12-9(11(2)5-6-11)8-10-13-15-16(3)14-10/h9,12H,4-8H2,1-3H3. The molecule has 0 spiro atoms. The van der Waals surface area contributed by atoms with Gasteiger partial charge < -0.3 is 5.32 Å². The Hall–Kier alpha value is -0.970. The maximum Gasteiger partial charge on any atom is 0.176 e. The normalized spacial score (nSPS) is 19.7. The summed E-state index contributed by atoms with van der Waals surface area (Å²) in [5, 5.41) is 15.8. The number of aromatic nitrogens is 4. The summed E-state index contributed by atoms with van der Waals surface area (Å²) in [5.74, 6) is 0.851.